The van der Waals surface area contributed by atoms with Crippen LogP contribution in [0.3, 0.4) is 0 Å². The van der Waals surface area contributed by atoms with Crippen molar-refractivity contribution in [1.82, 2.24) is 0 Å². The molecule has 0 radical (unpaired) electrons. The van der Waals surface area contributed by atoms with Crippen molar-refractivity contribution in [2.24, 2.45) is 4.99 Å². The van der Waals surface area contributed by atoms with Crippen LogP contribution in [0.4, 0.5) is 11.4 Å². The third-order valence-electron chi connectivity index (χ3n) is 4.51. The van der Waals surface area contributed by atoms with E-state index in [0.29, 0.717) is 17.2 Å². The van der Waals surface area contributed by atoms with Gasteiger partial charge in [-0.25, -0.2) is 4.99 Å². The Balaban J connectivity index is 2.04. The molecule has 1 N–H and O–H groups in total. The van der Waals surface area contributed by atoms with Crippen molar-refractivity contribution in [3.8, 4) is 0 Å². The Morgan fingerprint density at radius 1 is 1.16 bits per heavy atom. The van der Waals surface area contributed by atoms with Crippen LogP contribution in [0.5, 0.6) is 0 Å². The van der Waals surface area contributed by atoms with E-state index in [9.17, 15) is 9.59 Å². The quantitative estimate of drug-likeness (QED) is 0.932. The molecule has 25 heavy (non-hydrogen) atoms. The van der Waals surface area contributed by atoms with Crippen molar-refractivity contribution in [2.45, 2.75) is 26.2 Å². The molecule has 0 aliphatic carbocycles. The van der Waals surface area contributed by atoms with E-state index in [1.54, 1.807) is 17.0 Å². The number of carbonyl (C=O) groups is 2. The van der Waals surface area contributed by atoms with Crippen LogP contribution in [0.1, 0.15) is 37.3 Å². The third-order valence-corrected chi connectivity index (χ3v) is 4.51. The van der Waals surface area contributed by atoms with Crippen molar-refractivity contribution < 1.29 is 14.7 Å². The van der Waals surface area contributed by atoms with Crippen molar-refractivity contribution in [1.29, 1.82) is 0 Å². The van der Waals surface area contributed by atoms with Gasteiger partial charge < -0.3 is 5.11 Å². The highest BCUT2D eigenvalue weighted by Crippen LogP contribution is 2.36. The number of carbonyl (C=O) groups excluding carboxylic acids is 2. The van der Waals surface area contributed by atoms with Gasteiger partial charge in [0.05, 0.1) is 5.69 Å². The number of fused-ring (bicyclic) bond motifs is 1. The van der Waals surface area contributed by atoms with Gasteiger partial charge in [0, 0.05) is 11.3 Å². The number of rotatable bonds is 4. The van der Waals surface area contributed by atoms with Crippen LogP contribution >= 0.6 is 0 Å². The molecule has 0 fully saturated rings. The molecule has 2 aromatic rings. The van der Waals surface area contributed by atoms with E-state index in [1.807, 2.05) is 36.4 Å². The molecule has 3 rings (SSSR count). The normalized spacial score (nSPS) is 16.2. The number of benzene rings is 2. The number of aliphatic hydroxyl groups excluding tert-OH is 1. The van der Waals surface area contributed by atoms with E-state index in [1.165, 1.54) is 5.56 Å². The van der Waals surface area contributed by atoms with Crippen LogP contribution in [0.25, 0.3) is 0 Å². The van der Waals surface area contributed by atoms with Gasteiger partial charge >= 0.3 is 0 Å². The summed E-state index contributed by atoms with van der Waals surface area (Å²) in [5.74, 6) is -0.638. The monoisotopic (exact) mass is 336 g/mol. The molecule has 1 aliphatic rings. The summed E-state index contributed by atoms with van der Waals surface area (Å²) in [5, 5.41) is 8.94. The molecular formula is C20H20N2O3. The number of para-hydroxylation sites is 1. The average Bonchev–Trinajstić information content (AvgIpc) is 2.93. The predicted molar refractivity (Wildman–Crippen MR) is 97.4 cm³/mol. The van der Waals surface area contributed by atoms with E-state index in [0.717, 1.165) is 12.1 Å². The van der Waals surface area contributed by atoms with E-state index < -0.39 is 12.5 Å². The minimum Gasteiger partial charge on any atom is -0.386 e. The molecule has 0 saturated heterocycles. The van der Waals surface area contributed by atoms with E-state index >= 15 is 0 Å². The summed E-state index contributed by atoms with van der Waals surface area (Å²) in [4.78, 5) is 29.7. The topological polar surface area (TPSA) is 70.0 Å². The summed E-state index contributed by atoms with van der Waals surface area (Å²) < 4.78 is 0. The Kier molecular flexibility index (Phi) is 4.76. The first-order chi connectivity index (χ1) is 12.1. The molecule has 1 atom stereocenters. The largest absolute Gasteiger partial charge is 0.386 e. The van der Waals surface area contributed by atoms with Crippen LogP contribution < -0.4 is 4.90 Å². The summed E-state index contributed by atoms with van der Waals surface area (Å²) in [7, 11) is 0. The number of hydrogen-bond acceptors (Lipinski definition) is 3. The average molecular weight is 336 g/mol. The number of aliphatic hydroxyl groups is 1. The highest BCUT2D eigenvalue weighted by molar-refractivity contribution is 6.56. The molecule has 2 aromatic carbocycles. The molecule has 1 heterocycles. The summed E-state index contributed by atoms with van der Waals surface area (Å²) in [6, 6.07) is 15.1. The lowest BCUT2D eigenvalue weighted by Crippen LogP contribution is -2.26. The second kappa shape index (κ2) is 6.99. The summed E-state index contributed by atoms with van der Waals surface area (Å²) in [6.07, 6.45) is 1.05. The van der Waals surface area contributed by atoms with Gasteiger partial charge in [0.25, 0.3) is 11.8 Å². The van der Waals surface area contributed by atoms with Gasteiger partial charge in [-0.05, 0) is 36.1 Å². The van der Waals surface area contributed by atoms with E-state index in [2.05, 4.69) is 18.8 Å². The second-order valence-electron chi connectivity index (χ2n) is 6.07. The Labute approximate surface area is 146 Å². The van der Waals surface area contributed by atoms with Gasteiger partial charge in [0.15, 0.2) is 0 Å². The Hall–Kier alpha value is -2.79. The molecule has 0 aromatic heterocycles. The van der Waals surface area contributed by atoms with Gasteiger partial charge in [-0.15, -0.1) is 0 Å². The zero-order valence-electron chi connectivity index (χ0n) is 14.3. The first-order valence-electron chi connectivity index (χ1n) is 8.33. The fourth-order valence-corrected chi connectivity index (χ4v) is 2.91. The van der Waals surface area contributed by atoms with Crippen molar-refractivity contribution in [2.75, 3.05) is 11.5 Å². The van der Waals surface area contributed by atoms with Crippen LogP contribution in [0.2, 0.25) is 0 Å². The fraction of sp³-hybridized carbons (Fsp3) is 0.250. The van der Waals surface area contributed by atoms with Gasteiger partial charge in [-0.2, -0.15) is 0 Å². The maximum absolute atomic E-state index is 12.9. The minimum atomic E-state index is -0.730. The maximum Gasteiger partial charge on any atom is 0.282 e. The molecule has 128 valence electrons. The van der Waals surface area contributed by atoms with Crippen LogP contribution in [0, 0.1) is 0 Å². The van der Waals surface area contributed by atoms with Crippen LogP contribution in [-0.2, 0) is 9.59 Å². The summed E-state index contributed by atoms with van der Waals surface area (Å²) in [6.45, 7) is 3.58. The number of anilines is 2. The van der Waals surface area contributed by atoms with E-state index in [4.69, 9.17) is 5.11 Å². The predicted octanol–water partition coefficient (Wildman–Crippen LogP) is 3.19. The molecule has 1 aliphatic heterocycles. The lowest BCUT2D eigenvalue weighted by Gasteiger charge is -2.18. The Bertz CT molecular complexity index is 840. The zero-order valence-corrected chi connectivity index (χ0v) is 14.3. The number of hydrogen-bond donors (Lipinski definition) is 1. The summed E-state index contributed by atoms with van der Waals surface area (Å²) in [5.41, 5.74) is 3.30. The molecule has 5 nitrogen and oxygen atoms in total. The fourth-order valence-electron chi connectivity index (χ4n) is 2.91. The maximum atomic E-state index is 12.9. The SMILES string of the molecule is CCC(C)c1ccc(N2C(=O)/C(=N/C(=O)CO)c3ccccc32)cc1. The van der Waals surface area contributed by atoms with Crippen molar-refractivity contribution in [3.63, 3.8) is 0 Å². The van der Waals surface area contributed by atoms with Crippen molar-refractivity contribution in [3.05, 3.63) is 59.7 Å². The van der Waals surface area contributed by atoms with Crippen LogP contribution in [0.15, 0.2) is 53.5 Å². The van der Waals surface area contributed by atoms with E-state index in [-0.39, 0.29) is 11.6 Å². The molecule has 1 unspecified atom stereocenters. The highest BCUT2D eigenvalue weighted by atomic mass is 16.3. The summed E-state index contributed by atoms with van der Waals surface area (Å²) >= 11 is 0. The van der Waals surface area contributed by atoms with Crippen LogP contribution in [-0.4, -0.2) is 29.2 Å². The second-order valence-corrected chi connectivity index (χ2v) is 6.07. The van der Waals surface area contributed by atoms with Gasteiger partial charge in [0.2, 0.25) is 0 Å². The first kappa shape index (κ1) is 17.0. The minimum absolute atomic E-state index is 0.0700. The molecule has 5 heteroatoms. The zero-order chi connectivity index (χ0) is 18.0. The first-order valence-corrected chi connectivity index (χ1v) is 8.33. The molecule has 2 amide bonds. The third kappa shape index (κ3) is 3.10. The lowest BCUT2D eigenvalue weighted by molar-refractivity contribution is -0.120. The lowest BCUT2D eigenvalue weighted by atomic mass is 9.98. The molecule has 0 spiro atoms. The molecular weight excluding hydrogens is 316 g/mol. The Morgan fingerprint density at radius 3 is 2.48 bits per heavy atom. The molecule has 0 saturated carbocycles. The van der Waals surface area contributed by atoms with Gasteiger partial charge in [0.1, 0.15) is 12.3 Å². The number of aliphatic imine (C=N–C) groups is 1. The standard InChI is InChI=1S/C20H20N2O3/c1-3-13(2)14-8-10-15(11-9-14)22-17-7-5-4-6-16(17)19(20(22)25)21-18(24)12-23/h4-11,13,23H,3,12H2,1-2H3/b21-19+. The van der Waals surface area contributed by atoms with Crippen molar-refractivity contribution >= 4 is 28.9 Å². The van der Waals surface area contributed by atoms with Gasteiger partial charge in [-0.3, -0.25) is 14.5 Å². The molecule has 0 bridgehead atoms. The smallest absolute Gasteiger partial charge is 0.282 e. The number of nitrogens with zero attached hydrogens (tertiary/aromatic N) is 2. The number of amides is 2. The van der Waals surface area contributed by atoms with Gasteiger partial charge in [-0.1, -0.05) is 44.2 Å². The highest BCUT2D eigenvalue weighted by Gasteiger charge is 2.35. The Morgan fingerprint density at radius 2 is 1.84 bits per heavy atom.